The van der Waals surface area contributed by atoms with Gasteiger partial charge in [-0.3, -0.25) is 14.4 Å². The number of hydrogen-bond acceptors (Lipinski definition) is 7. The largest absolute Gasteiger partial charge is 0.465 e. The second kappa shape index (κ2) is 43.8. The molecule has 0 aliphatic heterocycles. The van der Waals surface area contributed by atoms with Crippen LogP contribution in [0, 0.1) is 11.8 Å². The Hall–Kier alpha value is -3.01. The second-order valence-electron chi connectivity index (χ2n) is 23.8. The van der Waals surface area contributed by atoms with E-state index in [0.717, 1.165) is 135 Å². The van der Waals surface area contributed by atoms with Crippen molar-refractivity contribution < 1.29 is 28.3 Å². The van der Waals surface area contributed by atoms with Crippen molar-refractivity contribution >= 4 is 36.5 Å². The predicted molar refractivity (Wildman–Crippen MR) is 326 cm³/mol. The molecule has 0 N–H and O–H groups in total. The number of likely N-dealkylation sites (N-methyl/N-ethyl adjacent to an activating group) is 1. The van der Waals surface area contributed by atoms with Gasteiger partial charge < -0.3 is 23.7 Å². The van der Waals surface area contributed by atoms with E-state index in [2.05, 4.69) is 121 Å². The zero-order chi connectivity index (χ0) is 55.5. The van der Waals surface area contributed by atoms with Gasteiger partial charge in [-0.2, -0.15) is 0 Å². The Labute approximate surface area is 469 Å². The van der Waals surface area contributed by atoms with Gasteiger partial charge in [0, 0.05) is 25.6 Å². The highest BCUT2D eigenvalue weighted by Crippen LogP contribution is 2.37. The first-order chi connectivity index (χ1) is 36.9. The Balaban J connectivity index is 1.98. The number of rotatable bonds is 49. The first-order valence-electron chi connectivity index (χ1n) is 31.9. The van der Waals surface area contributed by atoms with Gasteiger partial charge in [-0.15, -0.1) is 0 Å². The Bertz CT molecular complexity index is 1660. The molecule has 436 valence electrons. The number of unbranched alkanes of at least 4 members (excludes halogenated alkanes) is 21. The van der Waals surface area contributed by atoms with E-state index < -0.39 is 8.32 Å². The molecule has 0 spiro atoms. The summed E-state index contributed by atoms with van der Waals surface area (Å²) < 4.78 is 19.0. The zero-order valence-electron chi connectivity index (χ0n) is 50.9. The number of esters is 2. The standard InChI is InChI=1S/C67H118N2O6Si/c1-10-14-18-22-24-32-45-59(44-30-20-16-12-3)65(71)69(9)58-64(70)73-55-41-28-34-48-61(49-35-29-42-56-74-66(72)60(46-31-21-17-13-4)47-33-25-23-19-15-11-2)68(8)54-40-43-57-75-76(67(5,6)7,62-50-36-26-37-51-62)63-52-38-27-39-53-63/h26-27,36-39,50-53,59-61H,10-25,28-35,40-49,54-58H2,1-9H3. The van der Waals surface area contributed by atoms with Crippen molar-refractivity contribution in [3.05, 3.63) is 60.7 Å². The molecule has 0 saturated carbocycles. The Morgan fingerprint density at radius 2 is 0.842 bits per heavy atom. The average molecular weight is 1080 g/mol. The quantitative estimate of drug-likeness (QED) is 0.0371. The molecule has 2 rings (SSSR count). The maximum absolute atomic E-state index is 13.6. The van der Waals surface area contributed by atoms with Crippen LogP contribution in [0.25, 0.3) is 0 Å². The van der Waals surface area contributed by atoms with Crippen LogP contribution in [0.15, 0.2) is 60.7 Å². The third-order valence-corrected chi connectivity index (χ3v) is 21.2. The van der Waals surface area contributed by atoms with Gasteiger partial charge in [-0.05, 0) is 93.2 Å². The summed E-state index contributed by atoms with van der Waals surface area (Å²) in [4.78, 5) is 44.2. The number of carbonyl (C=O) groups excluding carboxylic acids is 3. The lowest BCUT2D eigenvalue weighted by Gasteiger charge is -2.43. The van der Waals surface area contributed by atoms with Crippen LogP contribution in [0.3, 0.4) is 0 Å². The summed E-state index contributed by atoms with van der Waals surface area (Å²) in [6.45, 7) is 18.7. The van der Waals surface area contributed by atoms with E-state index in [1.807, 2.05) is 0 Å². The van der Waals surface area contributed by atoms with Crippen LogP contribution >= 0.6 is 0 Å². The minimum absolute atomic E-state index is 0.00569. The number of ether oxygens (including phenoxy) is 2. The minimum Gasteiger partial charge on any atom is -0.465 e. The average Bonchev–Trinajstić information content (AvgIpc) is 3.41. The monoisotopic (exact) mass is 1070 g/mol. The first-order valence-corrected chi connectivity index (χ1v) is 33.8. The van der Waals surface area contributed by atoms with E-state index >= 15 is 0 Å². The maximum atomic E-state index is 13.6. The number of nitrogens with zero attached hydrogens (tertiary/aromatic N) is 2. The van der Waals surface area contributed by atoms with Gasteiger partial charge in [0.05, 0.1) is 19.1 Å². The molecular weight excluding hydrogens is 957 g/mol. The van der Waals surface area contributed by atoms with Crippen LogP contribution in [0.2, 0.25) is 5.04 Å². The van der Waals surface area contributed by atoms with Crippen LogP contribution in [-0.2, 0) is 28.3 Å². The smallest absolute Gasteiger partial charge is 0.325 e. The van der Waals surface area contributed by atoms with Crippen LogP contribution in [0.4, 0.5) is 0 Å². The SMILES string of the molecule is CCCCCCCCC(CCCCCC)C(=O)OCCCCCC(CCCCCOC(=O)CN(C)C(=O)C(CCCCCC)CCCCCCCC)N(C)CCCCO[Si](c1ccccc1)(c1ccccc1)C(C)(C)C. The van der Waals surface area contributed by atoms with Gasteiger partial charge in [0.15, 0.2) is 0 Å². The lowest BCUT2D eigenvalue weighted by molar-refractivity contribution is -0.150. The zero-order valence-corrected chi connectivity index (χ0v) is 51.9. The normalized spacial score (nSPS) is 13.2. The summed E-state index contributed by atoms with van der Waals surface area (Å²) in [6, 6.07) is 22.3. The van der Waals surface area contributed by atoms with Crippen molar-refractivity contribution in [3.63, 3.8) is 0 Å². The van der Waals surface area contributed by atoms with Crippen LogP contribution < -0.4 is 10.4 Å². The van der Waals surface area contributed by atoms with Gasteiger partial charge in [0.25, 0.3) is 8.32 Å². The molecule has 0 aliphatic rings. The van der Waals surface area contributed by atoms with E-state index in [1.165, 1.54) is 107 Å². The van der Waals surface area contributed by atoms with Crippen molar-refractivity contribution in [2.45, 2.75) is 278 Å². The third kappa shape index (κ3) is 29.3. The fourth-order valence-corrected chi connectivity index (χ4v) is 16.0. The summed E-state index contributed by atoms with van der Waals surface area (Å²) in [5.74, 6) is -0.123. The predicted octanol–water partition coefficient (Wildman–Crippen LogP) is 17.0. The molecule has 9 heteroatoms. The molecule has 2 aromatic carbocycles. The number of hydrogen-bond donors (Lipinski definition) is 0. The molecule has 0 aromatic heterocycles. The second-order valence-corrected chi connectivity index (χ2v) is 28.1. The topological polar surface area (TPSA) is 85.4 Å². The Kier molecular flexibility index (Phi) is 39.8. The van der Waals surface area contributed by atoms with Crippen molar-refractivity contribution in [1.29, 1.82) is 0 Å². The molecule has 76 heavy (non-hydrogen) atoms. The molecule has 0 fully saturated rings. The minimum atomic E-state index is -2.58. The van der Waals surface area contributed by atoms with Gasteiger partial charge in [0.2, 0.25) is 5.91 Å². The van der Waals surface area contributed by atoms with Crippen LogP contribution in [0.1, 0.15) is 267 Å². The molecule has 0 bridgehead atoms. The van der Waals surface area contributed by atoms with Crippen molar-refractivity contribution in [1.82, 2.24) is 9.80 Å². The summed E-state index contributed by atoms with van der Waals surface area (Å²) in [5, 5.41) is 2.60. The number of carbonyl (C=O) groups is 3. The third-order valence-electron chi connectivity index (χ3n) is 16.2. The summed E-state index contributed by atoms with van der Waals surface area (Å²) >= 11 is 0. The lowest BCUT2D eigenvalue weighted by atomic mass is 9.93. The molecular formula is C67H118N2O6Si. The summed E-state index contributed by atoms with van der Waals surface area (Å²) in [6.07, 6.45) is 38.1. The van der Waals surface area contributed by atoms with E-state index in [4.69, 9.17) is 13.9 Å². The van der Waals surface area contributed by atoms with Gasteiger partial charge in [0.1, 0.15) is 6.54 Å². The Morgan fingerprint density at radius 1 is 0.461 bits per heavy atom. The van der Waals surface area contributed by atoms with E-state index in [0.29, 0.717) is 19.3 Å². The molecule has 3 unspecified atom stereocenters. The fourth-order valence-electron chi connectivity index (χ4n) is 11.4. The molecule has 0 radical (unpaired) electrons. The lowest BCUT2D eigenvalue weighted by Crippen LogP contribution is -2.66. The first kappa shape index (κ1) is 69.1. The highest BCUT2D eigenvalue weighted by Gasteiger charge is 2.50. The molecule has 8 nitrogen and oxygen atoms in total. The van der Waals surface area contributed by atoms with Gasteiger partial charge in [-0.25, -0.2) is 0 Å². The molecule has 0 aliphatic carbocycles. The molecule has 0 saturated heterocycles. The summed E-state index contributed by atoms with van der Waals surface area (Å²) in [7, 11) is 1.50. The van der Waals surface area contributed by atoms with E-state index in [9.17, 15) is 14.4 Å². The number of benzene rings is 2. The van der Waals surface area contributed by atoms with E-state index in [1.54, 1.807) is 11.9 Å². The van der Waals surface area contributed by atoms with Crippen molar-refractivity contribution in [3.8, 4) is 0 Å². The van der Waals surface area contributed by atoms with Crippen molar-refractivity contribution in [2.75, 3.05) is 47.0 Å². The molecule has 3 atom stereocenters. The van der Waals surface area contributed by atoms with Crippen LogP contribution in [0.5, 0.6) is 0 Å². The van der Waals surface area contributed by atoms with Crippen LogP contribution in [-0.4, -0.2) is 89.0 Å². The van der Waals surface area contributed by atoms with E-state index in [-0.39, 0.29) is 41.3 Å². The summed E-state index contributed by atoms with van der Waals surface area (Å²) in [5.41, 5.74) is 0. The molecule has 1 amide bonds. The fraction of sp³-hybridized carbons (Fsp3) is 0.776. The van der Waals surface area contributed by atoms with Crippen molar-refractivity contribution in [2.24, 2.45) is 11.8 Å². The number of amides is 1. The van der Waals surface area contributed by atoms with Gasteiger partial charge in [-0.1, -0.05) is 263 Å². The van der Waals surface area contributed by atoms with Gasteiger partial charge >= 0.3 is 11.9 Å². The molecule has 2 aromatic rings. The Morgan fingerprint density at radius 3 is 1.30 bits per heavy atom. The highest BCUT2D eigenvalue weighted by atomic mass is 28.4. The maximum Gasteiger partial charge on any atom is 0.325 e. The molecule has 0 heterocycles. The highest BCUT2D eigenvalue weighted by molar-refractivity contribution is 6.99.